The summed E-state index contributed by atoms with van der Waals surface area (Å²) < 4.78 is 10.7. The number of aliphatic imine (C=N–C) groups is 1. The molecule has 0 aromatic heterocycles. The largest absolute Gasteiger partial charge is 0.423 e. The average molecular weight is 466 g/mol. The Balaban J connectivity index is 1.24. The molecule has 174 valence electrons. The van der Waals surface area contributed by atoms with Crippen molar-refractivity contribution < 1.29 is 23.9 Å². The second-order valence-corrected chi connectivity index (χ2v) is 8.36. The first-order valence-corrected chi connectivity index (χ1v) is 11.4. The SMILES string of the molecule is O=C1OC(c2ccc(NC(=O)C3CCC3)cc2)=N/C1=C/c1ccc(OC(=O)c2ccccc2)cc1. The Kier molecular flexibility index (Phi) is 6.22. The number of nitrogens with one attached hydrogen (secondary N) is 1. The van der Waals surface area contributed by atoms with Gasteiger partial charge >= 0.3 is 11.9 Å². The van der Waals surface area contributed by atoms with Crippen molar-refractivity contribution in [2.45, 2.75) is 19.3 Å². The van der Waals surface area contributed by atoms with Crippen LogP contribution in [0, 0.1) is 5.92 Å². The molecule has 0 saturated heterocycles. The lowest BCUT2D eigenvalue weighted by molar-refractivity contribution is -0.130. The Morgan fingerprint density at radius 2 is 1.66 bits per heavy atom. The van der Waals surface area contributed by atoms with Crippen molar-refractivity contribution >= 4 is 35.5 Å². The third-order valence-electron chi connectivity index (χ3n) is 5.90. The van der Waals surface area contributed by atoms with E-state index in [4.69, 9.17) is 9.47 Å². The average Bonchev–Trinajstić information content (AvgIpc) is 3.20. The number of anilines is 1. The molecule has 1 heterocycles. The Labute approximate surface area is 202 Å². The summed E-state index contributed by atoms with van der Waals surface area (Å²) >= 11 is 0. The van der Waals surface area contributed by atoms with E-state index in [0.29, 0.717) is 28.1 Å². The Hall–Kier alpha value is -4.52. The minimum Gasteiger partial charge on any atom is -0.423 e. The van der Waals surface area contributed by atoms with Crippen LogP contribution in [0.25, 0.3) is 6.08 Å². The summed E-state index contributed by atoms with van der Waals surface area (Å²) in [4.78, 5) is 40.9. The number of nitrogens with zero attached hydrogens (tertiary/aromatic N) is 1. The second-order valence-electron chi connectivity index (χ2n) is 8.36. The molecule has 0 unspecified atom stereocenters. The molecular formula is C28H22N2O5. The quantitative estimate of drug-likeness (QED) is 0.314. The number of carbonyl (C=O) groups excluding carboxylic acids is 3. The molecule has 3 aromatic carbocycles. The van der Waals surface area contributed by atoms with E-state index in [2.05, 4.69) is 10.3 Å². The molecule has 0 radical (unpaired) electrons. The molecule has 7 heteroatoms. The summed E-state index contributed by atoms with van der Waals surface area (Å²) in [5.74, 6) is -0.261. The third-order valence-corrected chi connectivity index (χ3v) is 5.90. The maximum absolute atomic E-state index is 12.3. The molecule has 1 fully saturated rings. The molecule has 7 nitrogen and oxygen atoms in total. The zero-order chi connectivity index (χ0) is 24.2. The fourth-order valence-corrected chi connectivity index (χ4v) is 3.67. The summed E-state index contributed by atoms with van der Waals surface area (Å²) in [6, 6.07) is 22.5. The van der Waals surface area contributed by atoms with E-state index >= 15 is 0 Å². The number of benzene rings is 3. The van der Waals surface area contributed by atoms with E-state index in [9.17, 15) is 14.4 Å². The van der Waals surface area contributed by atoms with Gasteiger partial charge in [-0.1, -0.05) is 36.8 Å². The molecule has 0 spiro atoms. The number of esters is 2. The minimum atomic E-state index is -0.554. The number of amides is 1. The predicted octanol–water partition coefficient (Wildman–Crippen LogP) is 4.99. The van der Waals surface area contributed by atoms with Crippen LogP contribution < -0.4 is 10.1 Å². The monoisotopic (exact) mass is 466 g/mol. The van der Waals surface area contributed by atoms with Gasteiger partial charge in [-0.25, -0.2) is 14.6 Å². The number of hydrogen-bond donors (Lipinski definition) is 1. The van der Waals surface area contributed by atoms with Gasteiger partial charge < -0.3 is 14.8 Å². The van der Waals surface area contributed by atoms with Crippen molar-refractivity contribution in [2.75, 3.05) is 5.32 Å². The fraction of sp³-hybridized carbons (Fsp3) is 0.143. The van der Waals surface area contributed by atoms with Gasteiger partial charge in [0.2, 0.25) is 11.8 Å². The lowest BCUT2D eigenvalue weighted by Gasteiger charge is -2.24. The van der Waals surface area contributed by atoms with Gasteiger partial charge in [0.15, 0.2) is 5.70 Å². The first-order valence-electron chi connectivity index (χ1n) is 11.4. The molecule has 1 amide bonds. The van der Waals surface area contributed by atoms with Gasteiger partial charge in [-0.2, -0.15) is 0 Å². The number of rotatable bonds is 6. The van der Waals surface area contributed by atoms with Crippen molar-refractivity contribution in [3.8, 4) is 5.75 Å². The van der Waals surface area contributed by atoms with Crippen LogP contribution in [0.1, 0.15) is 40.7 Å². The van der Waals surface area contributed by atoms with E-state index in [-0.39, 0.29) is 23.4 Å². The highest BCUT2D eigenvalue weighted by molar-refractivity contribution is 6.13. The van der Waals surface area contributed by atoms with Crippen molar-refractivity contribution in [3.05, 3.63) is 101 Å². The maximum atomic E-state index is 12.3. The van der Waals surface area contributed by atoms with Gasteiger partial charge in [-0.15, -0.1) is 0 Å². The molecule has 2 aliphatic rings. The third kappa shape index (κ3) is 5.19. The lowest BCUT2D eigenvalue weighted by Crippen LogP contribution is -2.28. The molecule has 1 saturated carbocycles. The summed E-state index contributed by atoms with van der Waals surface area (Å²) in [6.07, 6.45) is 4.58. The van der Waals surface area contributed by atoms with E-state index in [0.717, 1.165) is 19.3 Å². The van der Waals surface area contributed by atoms with Crippen LogP contribution in [-0.2, 0) is 14.3 Å². The van der Waals surface area contributed by atoms with Crippen LogP contribution in [0.4, 0.5) is 5.69 Å². The van der Waals surface area contributed by atoms with Crippen LogP contribution in [0.2, 0.25) is 0 Å². The molecule has 1 N–H and O–H groups in total. The second kappa shape index (κ2) is 9.77. The van der Waals surface area contributed by atoms with Crippen LogP contribution >= 0.6 is 0 Å². The topological polar surface area (TPSA) is 94.1 Å². The van der Waals surface area contributed by atoms with E-state index in [1.807, 2.05) is 6.07 Å². The Morgan fingerprint density at radius 1 is 0.943 bits per heavy atom. The predicted molar refractivity (Wildman–Crippen MR) is 131 cm³/mol. The summed E-state index contributed by atoms with van der Waals surface area (Å²) in [5, 5.41) is 2.91. The number of ether oxygens (including phenoxy) is 2. The summed E-state index contributed by atoms with van der Waals surface area (Å²) in [5.41, 5.74) is 2.65. The van der Waals surface area contributed by atoms with E-state index in [1.54, 1.807) is 78.9 Å². The van der Waals surface area contributed by atoms with Crippen molar-refractivity contribution in [1.82, 2.24) is 0 Å². The summed E-state index contributed by atoms with van der Waals surface area (Å²) in [7, 11) is 0. The van der Waals surface area contributed by atoms with Gasteiger partial charge in [0, 0.05) is 17.2 Å². The highest BCUT2D eigenvalue weighted by Gasteiger charge is 2.26. The number of carbonyl (C=O) groups is 3. The highest BCUT2D eigenvalue weighted by atomic mass is 16.6. The smallest absolute Gasteiger partial charge is 0.363 e. The first kappa shape index (κ1) is 22.3. The first-order chi connectivity index (χ1) is 17.0. The van der Waals surface area contributed by atoms with Gasteiger partial charge in [0.25, 0.3) is 0 Å². The van der Waals surface area contributed by atoms with Crippen molar-refractivity contribution in [2.24, 2.45) is 10.9 Å². The van der Waals surface area contributed by atoms with Gasteiger partial charge in [0.05, 0.1) is 5.56 Å². The van der Waals surface area contributed by atoms with Crippen LogP contribution in [-0.4, -0.2) is 23.7 Å². The number of hydrogen-bond acceptors (Lipinski definition) is 6. The Bertz CT molecular complexity index is 1320. The van der Waals surface area contributed by atoms with Crippen molar-refractivity contribution in [1.29, 1.82) is 0 Å². The standard InChI is InChI=1S/C28H22N2O5/c31-25(19-7-4-8-19)29-22-13-11-20(12-14-22)26-30-24(28(33)35-26)17-18-9-15-23(16-10-18)34-27(32)21-5-2-1-3-6-21/h1-3,5-6,9-17,19H,4,7-8H2,(H,29,31)/b24-17+. The molecule has 0 bridgehead atoms. The molecule has 0 atom stereocenters. The summed E-state index contributed by atoms with van der Waals surface area (Å²) in [6.45, 7) is 0. The normalized spacial score (nSPS) is 16.3. The van der Waals surface area contributed by atoms with E-state index in [1.165, 1.54) is 0 Å². The molecule has 5 rings (SSSR count). The van der Waals surface area contributed by atoms with Gasteiger partial charge in [0.1, 0.15) is 5.75 Å². The zero-order valence-electron chi connectivity index (χ0n) is 18.8. The molecule has 3 aromatic rings. The van der Waals surface area contributed by atoms with Crippen LogP contribution in [0.15, 0.2) is 89.6 Å². The maximum Gasteiger partial charge on any atom is 0.363 e. The fourth-order valence-electron chi connectivity index (χ4n) is 3.67. The van der Waals surface area contributed by atoms with E-state index < -0.39 is 11.9 Å². The highest BCUT2D eigenvalue weighted by Crippen LogP contribution is 2.28. The lowest BCUT2D eigenvalue weighted by atomic mass is 9.85. The molecule has 1 aliphatic heterocycles. The Morgan fingerprint density at radius 3 is 2.31 bits per heavy atom. The van der Waals surface area contributed by atoms with Crippen LogP contribution in [0.3, 0.4) is 0 Å². The van der Waals surface area contributed by atoms with Gasteiger partial charge in [-0.05, 0) is 73.0 Å². The molecule has 35 heavy (non-hydrogen) atoms. The van der Waals surface area contributed by atoms with Gasteiger partial charge in [-0.3, -0.25) is 4.79 Å². The zero-order valence-corrected chi connectivity index (χ0v) is 18.8. The van der Waals surface area contributed by atoms with Crippen molar-refractivity contribution in [3.63, 3.8) is 0 Å². The number of cyclic esters (lactones) is 1. The molecular weight excluding hydrogens is 444 g/mol. The van der Waals surface area contributed by atoms with Crippen LogP contribution in [0.5, 0.6) is 5.75 Å². The minimum absolute atomic E-state index is 0.0414. The molecule has 1 aliphatic carbocycles.